The number of hydrogen-bond donors (Lipinski definition) is 2. The van der Waals surface area contributed by atoms with Crippen molar-refractivity contribution < 1.29 is 4.79 Å². The lowest BCUT2D eigenvalue weighted by Crippen LogP contribution is -2.42. The number of benzene rings is 1. The monoisotopic (exact) mass is 289 g/mol. The van der Waals surface area contributed by atoms with Crippen LogP contribution in [0.1, 0.15) is 31.7 Å². The minimum absolute atomic E-state index is 0.120. The van der Waals surface area contributed by atoms with Gasteiger partial charge < -0.3 is 15.5 Å². The molecule has 2 rings (SSSR count). The van der Waals surface area contributed by atoms with E-state index in [1.807, 2.05) is 0 Å². The maximum Gasteiger partial charge on any atom is 0.224 e. The second-order valence-electron chi connectivity index (χ2n) is 5.74. The molecule has 0 spiro atoms. The van der Waals surface area contributed by atoms with Gasteiger partial charge in [0.2, 0.25) is 5.91 Å². The van der Waals surface area contributed by atoms with Crippen molar-refractivity contribution in [1.82, 2.24) is 10.6 Å². The summed E-state index contributed by atoms with van der Waals surface area (Å²) in [6.45, 7) is 6.03. The molecule has 1 aromatic carbocycles. The van der Waals surface area contributed by atoms with Crippen LogP contribution in [0.3, 0.4) is 0 Å². The first-order valence-corrected chi connectivity index (χ1v) is 8.00. The Balaban J connectivity index is 1.93. The van der Waals surface area contributed by atoms with Gasteiger partial charge in [-0.1, -0.05) is 19.1 Å². The normalized spacial score (nSPS) is 18.6. The molecule has 1 saturated heterocycles. The third kappa shape index (κ3) is 4.46. The van der Waals surface area contributed by atoms with E-state index in [1.54, 1.807) is 7.05 Å². The molecule has 116 valence electrons. The molecule has 4 nitrogen and oxygen atoms in total. The van der Waals surface area contributed by atoms with E-state index < -0.39 is 0 Å². The van der Waals surface area contributed by atoms with Crippen molar-refractivity contribution in [1.29, 1.82) is 0 Å². The first kappa shape index (κ1) is 15.8. The van der Waals surface area contributed by atoms with Crippen molar-refractivity contribution in [2.45, 2.75) is 32.7 Å². The fraction of sp³-hybridized carbons (Fsp3) is 0.588. The molecule has 0 radical (unpaired) electrons. The van der Waals surface area contributed by atoms with Crippen LogP contribution in [0.2, 0.25) is 0 Å². The van der Waals surface area contributed by atoms with Gasteiger partial charge in [0, 0.05) is 32.4 Å². The van der Waals surface area contributed by atoms with Crippen molar-refractivity contribution in [2.24, 2.45) is 5.92 Å². The summed E-state index contributed by atoms with van der Waals surface area (Å²) < 4.78 is 0. The van der Waals surface area contributed by atoms with Crippen LogP contribution < -0.4 is 15.5 Å². The van der Waals surface area contributed by atoms with E-state index in [2.05, 4.69) is 46.7 Å². The number of piperidine rings is 1. The van der Waals surface area contributed by atoms with Crippen LogP contribution in [0.5, 0.6) is 0 Å². The predicted molar refractivity (Wildman–Crippen MR) is 87.4 cm³/mol. The van der Waals surface area contributed by atoms with Gasteiger partial charge in [0.15, 0.2) is 0 Å². The number of rotatable bonds is 6. The fourth-order valence-corrected chi connectivity index (χ4v) is 2.86. The van der Waals surface area contributed by atoms with Crippen LogP contribution in [0.25, 0.3) is 0 Å². The summed E-state index contributed by atoms with van der Waals surface area (Å²) >= 11 is 0. The van der Waals surface area contributed by atoms with E-state index in [-0.39, 0.29) is 11.8 Å². The summed E-state index contributed by atoms with van der Waals surface area (Å²) in [4.78, 5) is 14.1. The molecule has 0 saturated carbocycles. The van der Waals surface area contributed by atoms with E-state index in [9.17, 15) is 4.79 Å². The van der Waals surface area contributed by atoms with Gasteiger partial charge in [-0.15, -0.1) is 0 Å². The number of carbonyl (C=O) groups excluding carboxylic acids is 1. The summed E-state index contributed by atoms with van der Waals surface area (Å²) in [5.41, 5.74) is 2.54. The highest BCUT2D eigenvalue weighted by Crippen LogP contribution is 2.23. The van der Waals surface area contributed by atoms with Crippen molar-refractivity contribution >= 4 is 11.6 Å². The van der Waals surface area contributed by atoms with Gasteiger partial charge >= 0.3 is 0 Å². The largest absolute Gasteiger partial charge is 0.371 e. The topological polar surface area (TPSA) is 44.4 Å². The summed E-state index contributed by atoms with van der Waals surface area (Å²) in [5, 5.41) is 6.18. The van der Waals surface area contributed by atoms with Gasteiger partial charge in [0.1, 0.15) is 0 Å². The first-order valence-electron chi connectivity index (χ1n) is 8.00. The molecule has 1 heterocycles. The molecular weight excluding hydrogens is 262 g/mol. The SMILES string of the molecule is CCCNCc1ccc(N2CCCC(C(=O)NC)C2)cc1. The Morgan fingerprint density at radius 2 is 2.10 bits per heavy atom. The summed E-state index contributed by atoms with van der Waals surface area (Å²) in [6, 6.07) is 8.72. The van der Waals surface area contributed by atoms with E-state index in [0.717, 1.165) is 45.4 Å². The molecule has 0 bridgehead atoms. The molecule has 1 amide bonds. The summed E-state index contributed by atoms with van der Waals surface area (Å²) in [6.07, 6.45) is 3.24. The summed E-state index contributed by atoms with van der Waals surface area (Å²) in [5.74, 6) is 0.287. The van der Waals surface area contributed by atoms with Crippen molar-refractivity contribution in [3.05, 3.63) is 29.8 Å². The maximum absolute atomic E-state index is 11.8. The predicted octanol–water partition coefficient (Wildman–Crippen LogP) is 2.15. The summed E-state index contributed by atoms with van der Waals surface area (Å²) in [7, 11) is 1.72. The molecule has 0 aliphatic carbocycles. The molecule has 2 N–H and O–H groups in total. The molecule has 4 heteroatoms. The van der Waals surface area contributed by atoms with Gasteiger partial charge in [-0.25, -0.2) is 0 Å². The van der Waals surface area contributed by atoms with Gasteiger partial charge in [0.05, 0.1) is 5.92 Å². The highest BCUT2D eigenvalue weighted by Gasteiger charge is 2.25. The number of carbonyl (C=O) groups is 1. The minimum Gasteiger partial charge on any atom is -0.371 e. The van der Waals surface area contributed by atoms with Crippen molar-refractivity contribution in [3.8, 4) is 0 Å². The van der Waals surface area contributed by atoms with Gasteiger partial charge in [-0.3, -0.25) is 4.79 Å². The van der Waals surface area contributed by atoms with E-state index in [1.165, 1.54) is 11.3 Å². The molecule has 1 aromatic rings. The average Bonchev–Trinajstić information content (AvgIpc) is 2.55. The molecule has 21 heavy (non-hydrogen) atoms. The van der Waals surface area contributed by atoms with Crippen LogP contribution in [-0.4, -0.2) is 32.6 Å². The van der Waals surface area contributed by atoms with E-state index in [0.29, 0.717) is 0 Å². The van der Waals surface area contributed by atoms with Crippen LogP contribution in [0.4, 0.5) is 5.69 Å². The Morgan fingerprint density at radius 1 is 1.33 bits per heavy atom. The lowest BCUT2D eigenvalue weighted by molar-refractivity contribution is -0.124. The molecule has 1 atom stereocenters. The number of hydrogen-bond acceptors (Lipinski definition) is 3. The standard InChI is InChI=1S/C17H27N3O/c1-3-10-19-12-14-6-8-16(9-7-14)20-11-4-5-15(13-20)17(21)18-2/h6-9,15,19H,3-5,10-13H2,1-2H3,(H,18,21). The third-order valence-corrected chi connectivity index (χ3v) is 4.10. The Bertz CT molecular complexity index is 444. The second-order valence-corrected chi connectivity index (χ2v) is 5.74. The highest BCUT2D eigenvalue weighted by molar-refractivity contribution is 5.79. The smallest absolute Gasteiger partial charge is 0.224 e. The number of amides is 1. The lowest BCUT2D eigenvalue weighted by Gasteiger charge is -2.33. The first-order chi connectivity index (χ1) is 10.2. The van der Waals surface area contributed by atoms with Crippen LogP contribution in [0.15, 0.2) is 24.3 Å². The van der Waals surface area contributed by atoms with Crippen molar-refractivity contribution in [2.75, 3.05) is 31.6 Å². The fourth-order valence-electron chi connectivity index (χ4n) is 2.86. The molecule has 1 fully saturated rings. The lowest BCUT2D eigenvalue weighted by atomic mass is 9.96. The zero-order chi connectivity index (χ0) is 15.1. The van der Waals surface area contributed by atoms with Crippen LogP contribution in [0, 0.1) is 5.92 Å². The quantitative estimate of drug-likeness (QED) is 0.789. The van der Waals surface area contributed by atoms with Crippen molar-refractivity contribution in [3.63, 3.8) is 0 Å². The molecule has 1 aliphatic rings. The molecular formula is C17H27N3O. The number of nitrogens with zero attached hydrogens (tertiary/aromatic N) is 1. The Hall–Kier alpha value is -1.55. The molecule has 1 aliphatic heterocycles. The minimum atomic E-state index is 0.120. The average molecular weight is 289 g/mol. The molecule has 0 aromatic heterocycles. The number of anilines is 1. The maximum atomic E-state index is 11.8. The molecule has 1 unspecified atom stereocenters. The Labute approximate surface area is 127 Å². The van der Waals surface area contributed by atoms with Gasteiger partial charge in [-0.05, 0) is 43.5 Å². The van der Waals surface area contributed by atoms with Gasteiger partial charge in [0.25, 0.3) is 0 Å². The van der Waals surface area contributed by atoms with Gasteiger partial charge in [-0.2, -0.15) is 0 Å². The zero-order valence-corrected chi connectivity index (χ0v) is 13.2. The Morgan fingerprint density at radius 3 is 2.76 bits per heavy atom. The van der Waals surface area contributed by atoms with E-state index >= 15 is 0 Å². The highest BCUT2D eigenvalue weighted by atomic mass is 16.1. The van der Waals surface area contributed by atoms with Crippen LogP contribution >= 0.6 is 0 Å². The van der Waals surface area contributed by atoms with E-state index in [4.69, 9.17) is 0 Å². The third-order valence-electron chi connectivity index (χ3n) is 4.10. The zero-order valence-electron chi connectivity index (χ0n) is 13.2. The van der Waals surface area contributed by atoms with Crippen LogP contribution in [-0.2, 0) is 11.3 Å². The number of nitrogens with one attached hydrogen (secondary N) is 2. The Kier molecular flexibility index (Phi) is 6.05. The second kappa shape index (κ2) is 8.03.